The third-order valence-corrected chi connectivity index (χ3v) is 3.15. The molecule has 1 fully saturated rings. The Morgan fingerprint density at radius 1 is 1.59 bits per heavy atom. The number of pyridine rings is 1. The molecule has 1 unspecified atom stereocenters. The molecule has 2 rings (SSSR count). The van der Waals surface area contributed by atoms with Crippen molar-refractivity contribution in [2.45, 2.75) is 38.8 Å². The molecular weight excluding hydrogens is 282 g/mol. The van der Waals surface area contributed by atoms with E-state index in [-0.39, 0.29) is 11.9 Å². The van der Waals surface area contributed by atoms with Crippen LogP contribution in [0.1, 0.15) is 25.3 Å². The Kier molecular flexibility index (Phi) is 3.66. The number of hydrogen-bond donors (Lipinski definition) is 2. The normalized spacial score (nSPS) is 16.4. The molecule has 17 heavy (non-hydrogen) atoms. The summed E-state index contributed by atoms with van der Waals surface area (Å²) in [6, 6.07) is 2.11. The van der Waals surface area contributed by atoms with Gasteiger partial charge in [0.25, 0.3) is 0 Å². The zero-order valence-corrected chi connectivity index (χ0v) is 11.5. The van der Waals surface area contributed by atoms with Crippen molar-refractivity contribution in [1.29, 1.82) is 0 Å². The van der Waals surface area contributed by atoms with Crippen LogP contribution in [0.2, 0.25) is 0 Å². The van der Waals surface area contributed by atoms with E-state index < -0.39 is 0 Å². The fraction of sp³-hybridized carbons (Fsp3) is 0.500. The van der Waals surface area contributed by atoms with Crippen LogP contribution in [0.25, 0.3) is 0 Å². The minimum Gasteiger partial charge on any atom is -0.358 e. The first-order chi connectivity index (χ1) is 8.06. The van der Waals surface area contributed by atoms with E-state index in [1.807, 2.05) is 19.9 Å². The molecule has 4 nitrogen and oxygen atoms in total. The van der Waals surface area contributed by atoms with Crippen molar-refractivity contribution in [1.82, 2.24) is 10.3 Å². The first-order valence-corrected chi connectivity index (χ1v) is 6.54. The van der Waals surface area contributed by atoms with Gasteiger partial charge in [-0.3, -0.25) is 4.79 Å². The third-order valence-electron chi connectivity index (χ3n) is 2.72. The number of rotatable bonds is 4. The van der Waals surface area contributed by atoms with E-state index in [2.05, 4.69) is 31.5 Å². The first kappa shape index (κ1) is 12.4. The van der Waals surface area contributed by atoms with Gasteiger partial charge in [0, 0.05) is 16.7 Å². The summed E-state index contributed by atoms with van der Waals surface area (Å²) < 4.78 is 0.940. The Morgan fingerprint density at radius 3 is 2.88 bits per heavy atom. The van der Waals surface area contributed by atoms with Crippen LogP contribution in [-0.2, 0) is 4.79 Å². The molecule has 5 heteroatoms. The summed E-state index contributed by atoms with van der Waals surface area (Å²) in [4.78, 5) is 16.0. The van der Waals surface area contributed by atoms with Crippen molar-refractivity contribution >= 4 is 27.7 Å². The molecule has 0 bridgehead atoms. The van der Waals surface area contributed by atoms with Gasteiger partial charge in [0.2, 0.25) is 5.91 Å². The average molecular weight is 298 g/mol. The average Bonchev–Trinajstić information content (AvgIpc) is 3.06. The summed E-state index contributed by atoms with van der Waals surface area (Å²) in [5.41, 5.74) is 1.02. The smallest absolute Gasteiger partial charge is 0.242 e. The van der Waals surface area contributed by atoms with Gasteiger partial charge in [-0.1, -0.05) is 0 Å². The summed E-state index contributed by atoms with van der Waals surface area (Å²) in [5.74, 6) is 0.795. The molecule has 1 saturated carbocycles. The molecule has 1 aliphatic carbocycles. The molecular formula is C12H16BrN3O. The Morgan fingerprint density at radius 2 is 2.29 bits per heavy atom. The van der Waals surface area contributed by atoms with Gasteiger partial charge in [0.05, 0.1) is 0 Å². The lowest BCUT2D eigenvalue weighted by Gasteiger charge is -2.15. The van der Waals surface area contributed by atoms with Gasteiger partial charge in [-0.2, -0.15) is 0 Å². The van der Waals surface area contributed by atoms with Crippen LogP contribution < -0.4 is 10.6 Å². The summed E-state index contributed by atoms with van der Waals surface area (Å²) in [7, 11) is 0. The molecule has 0 aliphatic heterocycles. The van der Waals surface area contributed by atoms with Gasteiger partial charge >= 0.3 is 0 Å². The zero-order chi connectivity index (χ0) is 12.4. The maximum absolute atomic E-state index is 11.8. The number of halogens is 1. The highest BCUT2D eigenvalue weighted by atomic mass is 79.9. The van der Waals surface area contributed by atoms with E-state index in [9.17, 15) is 4.79 Å². The Balaban J connectivity index is 1.96. The molecule has 1 aliphatic rings. The molecule has 0 saturated heterocycles. The van der Waals surface area contributed by atoms with Crippen molar-refractivity contribution in [2.24, 2.45) is 0 Å². The number of nitrogens with one attached hydrogen (secondary N) is 2. The second kappa shape index (κ2) is 5.04. The van der Waals surface area contributed by atoms with Crippen molar-refractivity contribution in [3.05, 3.63) is 22.3 Å². The fourth-order valence-corrected chi connectivity index (χ4v) is 1.96. The summed E-state index contributed by atoms with van der Waals surface area (Å²) in [6.07, 6.45) is 3.93. The van der Waals surface area contributed by atoms with Crippen LogP contribution in [0.4, 0.5) is 5.82 Å². The van der Waals surface area contributed by atoms with Crippen molar-refractivity contribution in [2.75, 3.05) is 5.32 Å². The van der Waals surface area contributed by atoms with E-state index in [1.165, 1.54) is 0 Å². The van der Waals surface area contributed by atoms with E-state index >= 15 is 0 Å². The lowest BCUT2D eigenvalue weighted by molar-refractivity contribution is -0.121. The molecule has 92 valence electrons. The van der Waals surface area contributed by atoms with E-state index in [0.29, 0.717) is 6.04 Å². The second-order valence-electron chi connectivity index (χ2n) is 4.47. The minimum atomic E-state index is -0.261. The fourth-order valence-electron chi connectivity index (χ4n) is 1.52. The highest BCUT2D eigenvalue weighted by Crippen LogP contribution is 2.20. The molecule has 1 atom stereocenters. The monoisotopic (exact) mass is 297 g/mol. The summed E-state index contributed by atoms with van der Waals surface area (Å²) in [5, 5.41) is 6.09. The van der Waals surface area contributed by atoms with Crippen LogP contribution in [0.3, 0.4) is 0 Å². The van der Waals surface area contributed by atoms with E-state index in [0.717, 1.165) is 28.7 Å². The lowest BCUT2D eigenvalue weighted by Crippen LogP contribution is -2.39. The Labute approximate surface area is 109 Å². The predicted molar refractivity (Wildman–Crippen MR) is 70.9 cm³/mol. The molecule has 1 aromatic heterocycles. The zero-order valence-electron chi connectivity index (χ0n) is 9.96. The highest BCUT2D eigenvalue weighted by molar-refractivity contribution is 9.10. The van der Waals surface area contributed by atoms with E-state index in [1.54, 1.807) is 6.20 Å². The predicted octanol–water partition coefficient (Wildman–Crippen LogP) is 2.23. The van der Waals surface area contributed by atoms with Gasteiger partial charge in [0.1, 0.15) is 11.9 Å². The van der Waals surface area contributed by atoms with Crippen LogP contribution >= 0.6 is 15.9 Å². The van der Waals surface area contributed by atoms with Gasteiger partial charge in [-0.25, -0.2) is 4.98 Å². The number of carbonyl (C=O) groups is 1. The number of hydrogen-bond acceptors (Lipinski definition) is 3. The highest BCUT2D eigenvalue weighted by Gasteiger charge is 2.25. The molecule has 0 spiro atoms. The second-order valence-corrected chi connectivity index (χ2v) is 5.38. The largest absolute Gasteiger partial charge is 0.358 e. The number of carbonyl (C=O) groups excluding carboxylic acids is 1. The van der Waals surface area contributed by atoms with E-state index in [4.69, 9.17) is 0 Å². The number of anilines is 1. The Bertz CT molecular complexity index is 432. The van der Waals surface area contributed by atoms with Crippen molar-refractivity contribution < 1.29 is 4.79 Å². The molecule has 0 radical (unpaired) electrons. The van der Waals surface area contributed by atoms with Gasteiger partial charge in [-0.15, -0.1) is 0 Å². The van der Waals surface area contributed by atoms with Gasteiger partial charge < -0.3 is 10.6 Å². The number of aromatic nitrogens is 1. The maximum atomic E-state index is 11.8. The topological polar surface area (TPSA) is 54.0 Å². The third kappa shape index (κ3) is 3.43. The molecule has 1 heterocycles. The van der Waals surface area contributed by atoms with Gasteiger partial charge in [-0.05, 0) is 54.2 Å². The molecule has 2 N–H and O–H groups in total. The Hall–Kier alpha value is -1.10. The van der Waals surface area contributed by atoms with Crippen molar-refractivity contribution in [3.63, 3.8) is 0 Å². The maximum Gasteiger partial charge on any atom is 0.242 e. The number of nitrogens with zero attached hydrogens (tertiary/aromatic N) is 1. The summed E-state index contributed by atoms with van der Waals surface area (Å²) in [6.45, 7) is 3.81. The van der Waals surface area contributed by atoms with Gasteiger partial charge in [0.15, 0.2) is 0 Å². The number of aryl methyl sites for hydroxylation is 1. The molecule has 1 amide bonds. The van der Waals surface area contributed by atoms with Crippen LogP contribution in [0, 0.1) is 6.92 Å². The van der Waals surface area contributed by atoms with Crippen LogP contribution in [0.5, 0.6) is 0 Å². The first-order valence-electron chi connectivity index (χ1n) is 5.75. The SMILES string of the molecule is Cc1cc(Br)cnc1NC(C)C(=O)NC1CC1. The number of amides is 1. The van der Waals surface area contributed by atoms with Crippen LogP contribution in [-0.4, -0.2) is 23.0 Å². The summed E-state index contributed by atoms with van der Waals surface area (Å²) >= 11 is 3.36. The lowest BCUT2D eigenvalue weighted by atomic mass is 10.2. The molecule has 0 aromatic carbocycles. The minimum absolute atomic E-state index is 0.0385. The van der Waals surface area contributed by atoms with Crippen molar-refractivity contribution in [3.8, 4) is 0 Å². The quantitative estimate of drug-likeness (QED) is 0.896. The van der Waals surface area contributed by atoms with Crippen LogP contribution in [0.15, 0.2) is 16.7 Å². The standard InChI is InChI=1S/C12H16BrN3O/c1-7-5-9(13)6-14-11(7)15-8(2)12(17)16-10-3-4-10/h5-6,8,10H,3-4H2,1-2H3,(H,14,15)(H,16,17). The molecule has 1 aromatic rings.